The van der Waals surface area contributed by atoms with Gasteiger partial charge in [-0.2, -0.15) is 0 Å². The molecular weight excluding hydrogens is 370 g/mol. The highest BCUT2D eigenvalue weighted by Crippen LogP contribution is 2.28. The lowest BCUT2D eigenvalue weighted by Crippen LogP contribution is -2.32. The minimum Gasteiger partial charge on any atom is -0.497 e. The number of nitrogens with zero attached hydrogens (tertiary/aromatic N) is 2. The maximum Gasteiger partial charge on any atom is 0.253 e. The molecule has 1 fully saturated rings. The van der Waals surface area contributed by atoms with E-state index >= 15 is 0 Å². The Balaban J connectivity index is 1.57. The summed E-state index contributed by atoms with van der Waals surface area (Å²) in [5.74, 6) is -0.0347. The van der Waals surface area contributed by atoms with Gasteiger partial charge in [-0.15, -0.1) is 0 Å². The number of rotatable bonds is 6. The van der Waals surface area contributed by atoms with Crippen molar-refractivity contribution in [3.05, 3.63) is 59.7 Å². The first-order valence-electron chi connectivity index (χ1n) is 9.41. The molecule has 0 bridgehead atoms. The topological polar surface area (TPSA) is 79.0 Å². The maximum absolute atomic E-state index is 12.6. The maximum atomic E-state index is 12.6. The number of benzene rings is 2. The van der Waals surface area contributed by atoms with E-state index in [0.29, 0.717) is 24.4 Å². The molecule has 3 rings (SSSR count). The number of anilines is 1. The number of methoxy groups -OCH3 is 1. The predicted octanol–water partition coefficient (Wildman–Crippen LogP) is 2.07. The third-order valence-corrected chi connectivity index (χ3v) is 4.93. The SMILES string of the molecule is COc1cccc(N2CC(C(=O)NCc3ccc(C(=O)N(C)C)cc3)CC2=O)c1. The molecule has 2 aromatic rings. The van der Waals surface area contributed by atoms with Gasteiger partial charge in [0.1, 0.15) is 5.75 Å². The summed E-state index contributed by atoms with van der Waals surface area (Å²) in [6, 6.07) is 14.4. The molecule has 0 spiro atoms. The van der Waals surface area contributed by atoms with Crippen LogP contribution in [0.25, 0.3) is 0 Å². The summed E-state index contributed by atoms with van der Waals surface area (Å²) in [6.07, 6.45) is 0.180. The van der Waals surface area contributed by atoms with E-state index in [0.717, 1.165) is 11.3 Å². The molecule has 152 valence electrons. The lowest BCUT2D eigenvalue weighted by atomic mass is 10.1. The Hall–Kier alpha value is -3.35. The van der Waals surface area contributed by atoms with Gasteiger partial charge in [-0.3, -0.25) is 14.4 Å². The Labute approximate surface area is 170 Å². The van der Waals surface area contributed by atoms with Crippen molar-refractivity contribution in [2.75, 3.05) is 32.6 Å². The quantitative estimate of drug-likeness (QED) is 0.812. The predicted molar refractivity (Wildman–Crippen MR) is 110 cm³/mol. The third kappa shape index (κ3) is 4.74. The van der Waals surface area contributed by atoms with Crippen molar-refractivity contribution in [2.24, 2.45) is 5.92 Å². The van der Waals surface area contributed by atoms with Crippen LogP contribution >= 0.6 is 0 Å². The van der Waals surface area contributed by atoms with Gasteiger partial charge in [-0.05, 0) is 29.8 Å². The lowest BCUT2D eigenvalue weighted by molar-refractivity contribution is -0.126. The number of nitrogens with one attached hydrogen (secondary N) is 1. The summed E-state index contributed by atoms with van der Waals surface area (Å²) < 4.78 is 5.21. The highest BCUT2D eigenvalue weighted by atomic mass is 16.5. The van der Waals surface area contributed by atoms with Crippen molar-refractivity contribution in [1.29, 1.82) is 0 Å². The smallest absolute Gasteiger partial charge is 0.253 e. The van der Waals surface area contributed by atoms with E-state index in [4.69, 9.17) is 4.74 Å². The number of hydrogen-bond donors (Lipinski definition) is 1. The second kappa shape index (κ2) is 8.77. The zero-order valence-electron chi connectivity index (χ0n) is 16.8. The molecule has 3 amide bonds. The van der Waals surface area contributed by atoms with Gasteiger partial charge in [0, 0.05) is 50.9 Å². The molecule has 7 heteroatoms. The van der Waals surface area contributed by atoms with Crippen molar-refractivity contribution in [1.82, 2.24) is 10.2 Å². The minimum absolute atomic E-state index is 0.0670. The minimum atomic E-state index is -0.400. The Morgan fingerprint density at radius 1 is 1.17 bits per heavy atom. The number of carbonyl (C=O) groups is 3. The average molecular weight is 395 g/mol. The highest BCUT2D eigenvalue weighted by molar-refractivity contribution is 6.00. The van der Waals surface area contributed by atoms with Gasteiger partial charge >= 0.3 is 0 Å². The van der Waals surface area contributed by atoms with E-state index in [-0.39, 0.29) is 24.1 Å². The Morgan fingerprint density at radius 3 is 2.55 bits per heavy atom. The molecule has 1 aliphatic heterocycles. The van der Waals surface area contributed by atoms with E-state index in [1.165, 1.54) is 4.90 Å². The van der Waals surface area contributed by atoms with Crippen LogP contribution in [0.15, 0.2) is 48.5 Å². The van der Waals surface area contributed by atoms with Crippen molar-refractivity contribution in [2.45, 2.75) is 13.0 Å². The zero-order chi connectivity index (χ0) is 21.0. The molecule has 0 aliphatic carbocycles. The van der Waals surface area contributed by atoms with E-state index in [2.05, 4.69) is 5.32 Å². The molecular formula is C22H25N3O4. The lowest BCUT2D eigenvalue weighted by Gasteiger charge is -2.17. The van der Waals surface area contributed by atoms with Crippen molar-refractivity contribution in [3.63, 3.8) is 0 Å². The van der Waals surface area contributed by atoms with Crippen molar-refractivity contribution < 1.29 is 19.1 Å². The monoisotopic (exact) mass is 395 g/mol. The number of amides is 3. The van der Waals surface area contributed by atoms with E-state index in [1.807, 2.05) is 30.3 Å². The molecule has 0 aromatic heterocycles. The molecule has 29 heavy (non-hydrogen) atoms. The number of carbonyl (C=O) groups excluding carboxylic acids is 3. The van der Waals surface area contributed by atoms with Crippen LogP contribution in [0.1, 0.15) is 22.3 Å². The summed E-state index contributed by atoms with van der Waals surface area (Å²) in [5, 5.41) is 2.89. The van der Waals surface area contributed by atoms with Gasteiger partial charge in [-0.1, -0.05) is 18.2 Å². The summed E-state index contributed by atoms with van der Waals surface area (Å²) >= 11 is 0. The Morgan fingerprint density at radius 2 is 1.90 bits per heavy atom. The first kappa shape index (κ1) is 20.4. The van der Waals surface area contributed by atoms with Crippen LogP contribution < -0.4 is 15.0 Å². The van der Waals surface area contributed by atoms with Crippen molar-refractivity contribution in [3.8, 4) is 5.75 Å². The summed E-state index contributed by atoms with van der Waals surface area (Å²) in [6.45, 7) is 0.688. The molecule has 1 aliphatic rings. The summed E-state index contributed by atoms with van der Waals surface area (Å²) in [7, 11) is 4.98. The van der Waals surface area contributed by atoms with Gasteiger partial charge in [0.2, 0.25) is 11.8 Å². The van der Waals surface area contributed by atoms with Crippen LogP contribution in [0.5, 0.6) is 5.75 Å². The zero-order valence-corrected chi connectivity index (χ0v) is 16.8. The molecule has 1 heterocycles. The second-order valence-corrected chi connectivity index (χ2v) is 7.22. The van der Waals surface area contributed by atoms with Crippen LogP contribution in [0.3, 0.4) is 0 Å². The van der Waals surface area contributed by atoms with Crippen LogP contribution in [0.2, 0.25) is 0 Å². The third-order valence-electron chi connectivity index (χ3n) is 4.93. The van der Waals surface area contributed by atoms with Gasteiger partial charge in [0.15, 0.2) is 0 Å². The fraction of sp³-hybridized carbons (Fsp3) is 0.318. The van der Waals surface area contributed by atoms with Crippen LogP contribution in [0, 0.1) is 5.92 Å². The van der Waals surface area contributed by atoms with E-state index in [1.54, 1.807) is 44.3 Å². The first-order chi connectivity index (χ1) is 13.9. The largest absolute Gasteiger partial charge is 0.497 e. The Bertz CT molecular complexity index is 909. The number of ether oxygens (including phenoxy) is 1. The van der Waals surface area contributed by atoms with E-state index in [9.17, 15) is 14.4 Å². The Kier molecular flexibility index (Phi) is 6.16. The standard InChI is InChI=1S/C22H25N3O4/c1-24(2)22(28)16-9-7-15(8-10-16)13-23-21(27)17-11-20(26)25(14-17)18-5-4-6-19(12-18)29-3/h4-10,12,17H,11,13-14H2,1-3H3,(H,23,27). The fourth-order valence-corrected chi connectivity index (χ4v) is 3.27. The molecule has 7 nitrogen and oxygen atoms in total. The molecule has 1 saturated heterocycles. The molecule has 1 atom stereocenters. The summed E-state index contributed by atoms with van der Waals surface area (Å²) in [5.41, 5.74) is 2.22. The van der Waals surface area contributed by atoms with Crippen LogP contribution in [0.4, 0.5) is 5.69 Å². The van der Waals surface area contributed by atoms with Crippen LogP contribution in [-0.2, 0) is 16.1 Å². The second-order valence-electron chi connectivity index (χ2n) is 7.22. The normalized spacial score (nSPS) is 15.9. The van der Waals surface area contributed by atoms with Gasteiger partial charge in [0.25, 0.3) is 5.91 Å². The average Bonchev–Trinajstić information content (AvgIpc) is 3.13. The molecule has 0 radical (unpaired) electrons. The van der Waals surface area contributed by atoms with Gasteiger partial charge in [-0.25, -0.2) is 0 Å². The van der Waals surface area contributed by atoms with Crippen molar-refractivity contribution >= 4 is 23.4 Å². The molecule has 2 aromatic carbocycles. The molecule has 0 saturated carbocycles. The fourth-order valence-electron chi connectivity index (χ4n) is 3.27. The van der Waals surface area contributed by atoms with E-state index < -0.39 is 5.92 Å². The first-order valence-corrected chi connectivity index (χ1v) is 9.41. The molecule has 1 N–H and O–H groups in total. The van der Waals surface area contributed by atoms with Crippen LogP contribution in [-0.4, -0.2) is 50.4 Å². The van der Waals surface area contributed by atoms with Gasteiger partial charge < -0.3 is 19.9 Å². The molecule has 1 unspecified atom stereocenters. The van der Waals surface area contributed by atoms with Gasteiger partial charge in [0.05, 0.1) is 13.0 Å². The number of hydrogen-bond acceptors (Lipinski definition) is 4. The summed E-state index contributed by atoms with van der Waals surface area (Å²) in [4.78, 5) is 40.0. The highest BCUT2D eigenvalue weighted by Gasteiger charge is 2.35.